The number of rotatable bonds is 18. The van der Waals surface area contributed by atoms with Crippen molar-refractivity contribution in [3.05, 3.63) is 70.4 Å². The van der Waals surface area contributed by atoms with Crippen LogP contribution >= 0.6 is 11.3 Å². The summed E-state index contributed by atoms with van der Waals surface area (Å²) in [6.45, 7) is 5.56. The van der Waals surface area contributed by atoms with E-state index in [0.717, 1.165) is 24.9 Å². The second kappa shape index (κ2) is 19.6. The minimum Gasteiger partial charge on any atom is -1.00 e. The maximum atomic E-state index is 14.5. The molecule has 40 heavy (non-hydrogen) atoms. The number of hydrogen-bond acceptors (Lipinski definition) is 3. The van der Waals surface area contributed by atoms with Gasteiger partial charge >= 0.3 is 6.03 Å². The van der Waals surface area contributed by atoms with E-state index < -0.39 is 11.8 Å². The summed E-state index contributed by atoms with van der Waals surface area (Å²) in [6.07, 6.45) is 17.4. The lowest BCUT2D eigenvalue weighted by Crippen LogP contribution is -3.00. The molecule has 0 aliphatic rings. The Morgan fingerprint density at radius 3 is 2.10 bits per heavy atom. The quantitative estimate of drug-likeness (QED) is 0.128. The van der Waals surface area contributed by atoms with E-state index in [1.807, 2.05) is 24.3 Å². The zero-order valence-electron chi connectivity index (χ0n) is 24.0. The topological polar surface area (TPSA) is 54.2 Å². The van der Waals surface area contributed by atoms with Gasteiger partial charge in [0.25, 0.3) is 0 Å². The Hall–Kier alpha value is -2.45. The Balaban J connectivity index is 0.00000560. The summed E-state index contributed by atoms with van der Waals surface area (Å²) in [6, 6.07) is 11.8. The van der Waals surface area contributed by atoms with Crippen LogP contribution in [0.2, 0.25) is 0 Å². The molecule has 220 valence electrons. The number of ether oxygens (including phenoxy) is 1. The average molecular weight is 635 g/mol. The highest BCUT2D eigenvalue weighted by Crippen LogP contribution is 2.22. The first kappa shape index (κ1) is 33.8. The number of carbonyl (C=O) groups is 1. The van der Waals surface area contributed by atoms with Crippen molar-refractivity contribution in [2.45, 2.75) is 97.4 Å². The first-order valence-corrected chi connectivity index (χ1v) is 15.4. The normalized spacial score (nSPS) is 10.7. The molecule has 1 aromatic heterocycles. The van der Waals surface area contributed by atoms with Crippen LogP contribution in [0.3, 0.4) is 0 Å². The van der Waals surface area contributed by atoms with Crippen LogP contribution in [0.5, 0.6) is 5.75 Å². The number of urea groups is 1. The SMILES string of the molecule is CCCCCCCCCCCCCCOc1ccc(NC(=O)Nc2cccc(C[n+]3csc(C)c3)c2)cc1F.[Br-]. The number of halogens is 2. The maximum Gasteiger partial charge on any atom is 0.323 e. The van der Waals surface area contributed by atoms with Crippen molar-refractivity contribution in [2.24, 2.45) is 0 Å². The number of anilines is 2. The smallest absolute Gasteiger partial charge is 0.323 e. The van der Waals surface area contributed by atoms with Gasteiger partial charge in [0, 0.05) is 23.0 Å². The number of aryl methyl sites for hydroxylation is 1. The zero-order chi connectivity index (χ0) is 27.7. The van der Waals surface area contributed by atoms with Crippen LogP contribution < -0.4 is 36.9 Å². The summed E-state index contributed by atoms with van der Waals surface area (Å²) in [4.78, 5) is 13.7. The highest BCUT2D eigenvalue weighted by Gasteiger charge is 2.10. The van der Waals surface area contributed by atoms with E-state index in [9.17, 15) is 9.18 Å². The molecule has 0 atom stereocenters. The third kappa shape index (κ3) is 13.3. The summed E-state index contributed by atoms with van der Waals surface area (Å²) >= 11 is 1.70. The minimum atomic E-state index is -0.475. The first-order valence-electron chi connectivity index (χ1n) is 14.6. The van der Waals surface area contributed by atoms with Crippen LogP contribution in [0.25, 0.3) is 0 Å². The van der Waals surface area contributed by atoms with E-state index in [2.05, 4.69) is 40.8 Å². The van der Waals surface area contributed by atoms with Crippen LogP contribution in [0.4, 0.5) is 20.6 Å². The lowest BCUT2D eigenvalue weighted by Gasteiger charge is -2.11. The highest BCUT2D eigenvalue weighted by molar-refractivity contribution is 7.09. The van der Waals surface area contributed by atoms with Gasteiger partial charge in [0.15, 0.2) is 24.3 Å². The van der Waals surface area contributed by atoms with Crippen LogP contribution in [-0.4, -0.2) is 12.6 Å². The fraction of sp³-hybridized carbons (Fsp3) is 0.500. The van der Waals surface area contributed by atoms with Gasteiger partial charge in [-0.15, -0.1) is 0 Å². The lowest BCUT2D eigenvalue weighted by molar-refractivity contribution is -0.683. The van der Waals surface area contributed by atoms with Crippen molar-refractivity contribution < 1.29 is 35.5 Å². The Morgan fingerprint density at radius 1 is 0.875 bits per heavy atom. The fourth-order valence-electron chi connectivity index (χ4n) is 4.60. The molecule has 0 unspecified atom stereocenters. The largest absolute Gasteiger partial charge is 1.00 e. The molecule has 8 heteroatoms. The predicted octanol–water partition coefficient (Wildman–Crippen LogP) is 6.26. The second-order valence-electron chi connectivity index (χ2n) is 10.3. The molecule has 2 aromatic carbocycles. The molecule has 0 saturated carbocycles. The molecule has 0 radical (unpaired) electrons. The van der Waals surface area contributed by atoms with E-state index in [0.29, 0.717) is 18.0 Å². The molecular weight excluding hydrogens is 589 g/mol. The van der Waals surface area contributed by atoms with Gasteiger partial charge < -0.3 is 32.4 Å². The van der Waals surface area contributed by atoms with E-state index >= 15 is 0 Å². The second-order valence-corrected chi connectivity index (χ2v) is 11.4. The Morgan fingerprint density at radius 2 is 1.50 bits per heavy atom. The van der Waals surface area contributed by atoms with Gasteiger partial charge in [0.05, 0.1) is 11.5 Å². The number of benzene rings is 2. The molecule has 3 rings (SSSR count). The first-order chi connectivity index (χ1) is 19.0. The molecule has 0 spiro atoms. The Labute approximate surface area is 254 Å². The standard InChI is InChI=1S/C32H44FN3O2S.BrH/c1-3-4-5-6-7-8-9-10-11-12-13-14-20-38-31-19-18-29(22-30(31)33)35-32(37)34-28-17-15-16-27(21-28)24-36-23-26(2)39-25-36;/h15-19,21-23,25H,3-14,20,24H2,1-2H3,(H-,34,35,37);1H. The van der Waals surface area contributed by atoms with E-state index in [4.69, 9.17) is 4.74 Å². The third-order valence-corrected chi connectivity index (χ3v) is 7.57. The van der Waals surface area contributed by atoms with Crippen molar-refractivity contribution in [1.29, 1.82) is 0 Å². The monoisotopic (exact) mass is 633 g/mol. The number of nitrogens with one attached hydrogen (secondary N) is 2. The maximum absolute atomic E-state index is 14.5. The van der Waals surface area contributed by atoms with E-state index in [1.165, 1.54) is 75.2 Å². The molecule has 0 aliphatic carbocycles. The van der Waals surface area contributed by atoms with Crippen LogP contribution in [0.1, 0.15) is 94.4 Å². The number of thiazole rings is 1. The van der Waals surface area contributed by atoms with Gasteiger partial charge in [0.1, 0.15) is 0 Å². The summed E-state index contributed by atoms with van der Waals surface area (Å²) in [7, 11) is 0. The molecular formula is C32H45BrFN3O2S. The molecule has 0 bridgehead atoms. The molecule has 0 aliphatic heterocycles. The molecule has 0 fully saturated rings. The molecule has 1 heterocycles. The number of unbranched alkanes of at least 4 members (excludes halogenated alkanes) is 11. The minimum absolute atomic E-state index is 0. The molecule has 2 N–H and O–H groups in total. The summed E-state index contributed by atoms with van der Waals surface area (Å²) in [5, 5.41) is 5.52. The summed E-state index contributed by atoms with van der Waals surface area (Å²) in [5.41, 5.74) is 4.21. The zero-order valence-corrected chi connectivity index (χ0v) is 26.4. The number of aromatic nitrogens is 1. The lowest BCUT2D eigenvalue weighted by atomic mass is 10.1. The summed E-state index contributed by atoms with van der Waals surface area (Å²) < 4.78 is 22.3. The van der Waals surface area contributed by atoms with Gasteiger partial charge in [-0.2, -0.15) is 4.57 Å². The van der Waals surface area contributed by atoms with Crippen molar-refractivity contribution in [3.63, 3.8) is 0 Å². The van der Waals surface area contributed by atoms with Crippen molar-refractivity contribution in [1.82, 2.24) is 0 Å². The van der Waals surface area contributed by atoms with Crippen LogP contribution in [-0.2, 0) is 6.54 Å². The third-order valence-electron chi connectivity index (χ3n) is 6.72. The number of amides is 2. The average Bonchev–Trinajstić information content (AvgIpc) is 3.32. The Kier molecular flexibility index (Phi) is 16.5. The molecule has 5 nitrogen and oxygen atoms in total. The highest BCUT2D eigenvalue weighted by atomic mass is 79.9. The van der Waals surface area contributed by atoms with E-state index in [1.54, 1.807) is 23.5 Å². The van der Waals surface area contributed by atoms with Crippen molar-refractivity contribution in [3.8, 4) is 5.75 Å². The van der Waals surface area contributed by atoms with Crippen LogP contribution in [0.15, 0.2) is 54.2 Å². The van der Waals surface area contributed by atoms with Crippen molar-refractivity contribution >= 4 is 28.7 Å². The van der Waals surface area contributed by atoms with Crippen LogP contribution in [0, 0.1) is 12.7 Å². The van der Waals surface area contributed by atoms with Crippen molar-refractivity contribution in [2.75, 3.05) is 17.2 Å². The number of carbonyl (C=O) groups excluding carboxylic acids is 1. The van der Waals surface area contributed by atoms with Gasteiger partial charge in [-0.25, -0.2) is 9.18 Å². The number of nitrogens with zero attached hydrogens (tertiary/aromatic N) is 1. The van der Waals surface area contributed by atoms with Gasteiger partial charge in [-0.05, 0) is 37.6 Å². The fourth-order valence-corrected chi connectivity index (χ4v) is 5.23. The number of hydrogen-bond donors (Lipinski definition) is 2. The van der Waals surface area contributed by atoms with E-state index in [-0.39, 0.29) is 22.7 Å². The predicted molar refractivity (Wildman–Crippen MR) is 160 cm³/mol. The summed E-state index contributed by atoms with van der Waals surface area (Å²) in [5.74, 6) is -0.255. The van der Waals surface area contributed by atoms with Gasteiger partial charge in [-0.1, -0.05) is 101 Å². The van der Waals surface area contributed by atoms with Gasteiger partial charge in [-0.3, -0.25) is 0 Å². The molecule has 2 amide bonds. The molecule has 0 saturated heterocycles. The van der Waals surface area contributed by atoms with Gasteiger partial charge in [0.2, 0.25) is 5.51 Å². The Bertz CT molecular complexity index is 1140. The molecule has 3 aromatic rings.